The molecular formula is C30H40N6O3. The number of anilines is 1. The lowest BCUT2D eigenvalue weighted by atomic mass is 9.68. The number of benzene rings is 1. The van der Waals surface area contributed by atoms with E-state index in [4.69, 9.17) is 0 Å². The van der Waals surface area contributed by atoms with E-state index in [0.29, 0.717) is 18.3 Å². The molecule has 9 heteroatoms. The Morgan fingerprint density at radius 1 is 1.03 bits per heavy atom. The first-order valence-electron chi connectivity index (χ1n) is 14.0. The first kappa shape index (κ1) is 27.1. The van der Waals surface area contributed by atoms with Crippen molar-refractivity contribution in [1.29, 1.82) is 0 Å². The molecule has 1 aromatic carbocycles. The molecule has 208 valence electrons. The van der Waals surface area contributed by atoms with Crippen molar-refractivity contribution in [3.63, 3.8) is 0 Å². The standard InChI is InChI=1S/C30H40N6O3/c1-31-27(38)24-13-8-14-25(32-24)33-26(37)20-35-21-29(36(28(35)39)19-22-9-7-10-22)15-17-30(18-16-29,34(2)3)23-11-5-4-6-12-23/h4-6,8,11-14,22H,7,9-10,15-21H2,1-3H3,(H,31,38)(H,32,33,37)/t29-,30-. The Hall–Kier alpha value is -3.46. The first-order chi connectivity index (χ1) is 18.8. The zero-order chi connectivity index (χ0) is 27.6. The second-order valence-corrected chi connectivity index (χ2v) is 11.6. The van der Waals surface area contributed by atoms with E-state index in [2.05, 4.69) is 69.8 Å². The summed E-state index contributed by atoms with van der Waals surface area (Å²) < 4.78 is 0. The summed E-state index contributed by atoms with van der Waals surface area (Å²) >= 11 is 0. The van der Waals surface area contributed by atoms with Gasteiger partial charge in [0, 0.05) is 25.7 Å². The average molecular weight is 533 g/mol. The van der Waals surface area contributed by atoms with Gasteiger partial charge in [0.15, 0.2) is 0 Å². The molecule has 2 N–H and O–H groups in total. The average Bonchev–Trinajstić information content (AvgIpc) is 3.16. The molecule has 39 heavy (non-hydrogen) atoms. The summed E-state index contributed by atoms with van der Waals surface area (Å²) in [5, 5.41) is 5.32. The lowest BCUT2D eigenvalue weighted by molar-refractivity contribution is -0.116. The van der Waals surface area contributed by atoms with Crippen LogP contribution in [0, 0.1) is 5.92 Å². The molecule has 1 aromatic heterocycles. The van der Waals surface area contributed by atoms with Crippen LogP contribution in [0.1, 0.15) is 61.0 Å². The maximum Gasteiger partial charge on any atom is 0.321 e. The fourth-order valence-electron chi connectivity index (χ4n) is 6.62. The highest BCUT2D eigenvalue weighted by atomic mass is 16.2. The van der Waals surface area contributed by atoms with E-state index >= 15 is 0 Å². The Balaban J connectivity index is 1.32. The molecule has 3 fully saturated rings. The van der Waals surface area contributed by atoms with E-state index in [0.717, 1.165) is 32.2 Å². The van der Waals surface area contributed by atoms with Gasteiger partial charge < -0.3 is 20.4 Å². The van der Waals surface area contributed by atoms with E-state index in [9.17, 15) is 14.4 Å². The van der Waals surface area contributed by atoms with Gasteiger partial charge in [-0.25, -0.2) is 9.78 Å². The van der Waals surface area contributed by atoms with Crippen LogP contribution in [-0.2, 0) is 10.3 Å². The van der Waals surface area contributed by atoms with Crippen molar-refractivity contribution in [3.05, 3.63) is 59.8 Å². The number of hydrogen-bond donors (Lipinski definition) is 2. The maximum atomic E-state index is 13.8. The molecule has 0 atom stereocenters. The van der Waals surface area contributed by atoms with Gasteiger partial charge in [0.25, 0.3) is 5.91 Å². The van der Waals surface area contributed by atoms with E-state index < -0.39 is 0 Å². The molecule has 1 aliphatic heterocycles. The molecule has 5 rings (SSSR count). The highest BCUT2D eigenvalue weighted by molar-refractivity contribution is 5.96. The first-order valence-corrected chi connectivity index (χ1v) is 14.0. The minimum Gasteiger partial charge on any atom is -0.354 e. The largest absolute Gasteiger partial charge is 0.354 e. The minimum absolute atomic E-state index is 0.0366. The van der Waals surface area contributed by atoms with Crippen LogP contribution in [0.4, 0.5) is 10.6 Å². The topological polar surface area (TPSA) is 97.9 Å². The monoisotopic (exact) mass is 532 g/mol. The number of pyridine rings is 1. The molecular weight excluding hydrogens is 492 g/mol. The molecule has 0 unspecified atom stereocenters. The van der Waals surface area contributed by atoms with Crippen molar-refractivity contribution in [1.82, 2.24) is 25.0 Å². The second-order valence-electron chi connectivity index (χ2n) is 11.6. The van der Waals surface area contributed by atoms with Gasteiger partial charge in [0.05, 0.1) is 5.54 Å². The van der Waals surface area contributed by atoms with E-state index in [1.807, 2.05) is 0 Å². The zero-order valence-corrected chi connectivity index (χ0v) is 23.3. The smallest absolute Gasteiger partial charge is 0.321 e. The molecule has 0 radical (unpaired) electrons. The summed E-state index contributed by atoms with van der Waals surface area (Å²) in [7, 11) is 5.84. The van der Waals surface area contributed by atoms with Crippen molar-refractivity contribution in [2.45, 2.75) is 56.0 Å². The fourth-order valence-corrected chi connectivity index (χ4v) is 6.62. The third-order valence-electron chi connectivity index (χ3n) is 9.21. The molecule has 4 amide bonds. The number of nitrogens with one attached hydrogen (secondary N) is 2. The number of hydrogen-bond acceptors (Lipinski definition) is 5. The van der Waals surface area contributed by atoms with Crippen LogP contribution >= 0.6 is 0 Å². The summed E-state index contributed by atoms with van der Waals surface area (Å²) in [6.45, 7) is 1.29. The number of urea groups is 1. The van der Waals surface area contributed by atoms with Crippen molar-refractivity contribution in [2.24, 2.45) is 5.92 Å². The normalized spacial score (nSPS) is 25.2. The van der Waals surface area contributed by atoms with E-state index in [-0.39, 0.29) is 41.2 Å². The minimum atomic E-state index is -0.323. The number of aromatic nitrogens is 1. The summed E-state index contributed by atoms with van der Waals surface area (Å²) in [5.74, 6) is 0.209. The highest BCUT2D eigenvalue weighted by Crippen LogP contribution is 2.49. The van der Waals surface area contributed by atoms with Gasteiger partial charge in [-0.3, -0.25) is 14.5 Å². The third-order valence-corrected chi connectivity index (χ3v) is 9.21. The lowest BCUT2D eigenvalue weighted by Gasteiger charge is -2.51. The van der Waals surface area contributed by atoms with Gasteiger partial charge in [-0.1, -0.05) is 42.8 Å². The Kier molecular flexibility index (Phi) is 7.62. The van der Waals surface area contributed by atoms with Gasteiger partial charge in [-0.15, -0.1) is 0 Å². The van der Waals surface area contributed by atoms with Gasteiger partial charge in [-0.2, -0.15) is 0 Å². The molecule has 3 aliphatic rings. The SMILES string of the molecule is CNC(=O)c1cccc(NC(=O)CN2C[C@]3(CC[C@@](c4ccccc4)(N(C)C)CC3)N(CC3CCC3)C2=O)n1. The third kappa shape index (κ3) is 5.24. The number of amides is 4. The maximum absolute atomic E-state index is 13.8. The predicted molar refractivity (Wildman–Crippen MR) is 150 cm³/mol. The van der Waals surface area contributed by atoms with Crippen molar-refractivity contribution in [2.75, 3.05) is 46.1 Å². The van der Waals surface area contributed by atoms with E-state index in [1.54, 1.807) is 23.1 Å². The Morgan fingerprint density at radius 3 is 2.36 bits per heavy atom. The molecule has 2 aliphatic carbocycles. The second kappa shape index (κ2) is 11.0. The van der Waals surface area contributed by atoms with Crippen LogP contribution in [0.15, 0.2) is 48.5 Å². The van der Waals surface area contributed by atoms with Gasteiger partial charge in [-0.05, 0) is 76.2 Å². The van der Waals surface area contributed by atoms with Crippen LogP contribution < -0.4 is 10.6 Å². The quantitative estimate of drug-likeness (QED) is 0.541. The molecule has 0 bridgehead atoms. The molecule has 9 nitrogen and oxygen atoms in total. The summed E-state index contributed by atoms with van der Waals surface area (Å²) in [6.07, 6.45) is 7.26. The molecule has 2 heterocycles. The van der Waals surface area contributed by atoms with Crippen molar-refractivity contribution >= 4 is 23.7 Å². The van der Waals surface area contributed by atoms with Gasteiger partial charge >= 0.3 is 6.03 Å². The highest BCUT2D eigenvalue weighted by Gasteiger charge is 2.55. The van der Waals surface area contributed by atoms with Gasteiger partial charge in [0.2, 0.25) is 5.91 Å². The number of rotatable bonds is 8. The molecule has 1 saturated heterocycles. The summed E-state index contributed by atoms with van der Waals surface area (Å²) in [4.78, 5) is 49.1. The summed E-state index contributed by atoms with van der Waals surface area (Å²) in [6, 6.07) is 15.6. The number of carbonyl (C=O) groups is 3. The van der Waals surface area contributed by atoms with Gasteiger partial charge in [0.1, 0.15) is 18.1 Å². The Labute approximate surface area is 230 Å². The van der Waals surface area contributed by atoms with Crippen molar-refractivity contribution in [3.8, 4) is 0 Å². The molecule has 2 saturated carbocycles. The Morgan fingerprint density at radius 2 is 1.74 bits per heavy atom. The zero-order valence-electron chi connectivity index (χ0n) is 23.3. The lowest BCUT2D eigenvalue weighted by Crippen LogP contribution is -2.56. The fraction of sp³-hybridized carbons (Fsp3) is 0.533. The summed E-state index contributed by atoms with van der Waals surface area (Å²) in [5.41, 5.74) is 1.22. The van der Waals surface area contributed by atoms with Crippen LogP contribution in [0.2, 0.25) is 0 Å². The van der Waals surface area contributed by atoms with Crippen LogP contribution in [-0.4, -0.2) is 83.8 Å². The van der Waals surface area contributed by atoms with Crippen LogP contribution in [0.25, 0.3) is 0 Å². The Bertz CT molecular complexity index is 1200. The number of carbonyl (C=O) groups excluding carboxylic acids is 3. The van der Waals surface area contributed by atoms with Crippen molar-refractivity contribution < 1.29 is 14.4 Å². The van der Waals surface area contributed by atoms with E-state index in [1.165, 1.54) is 31.9 Å². The van der Waals surface area contributed by atoms with Crippen LogP contribution in [0.5, 0.6) is 0 Å². The van der Waals surface area contributed by atoms with Crippen LogP contribution in [0.3, 0.4) is 0 Å². The number of nitrogens with zero attached hydrogens (tertiary/aromatic N) is 4. The molecule has 2 aromatic rings. The molecule has 1 spiro atoms. The predicted octanol–water partition coefficient (Wildman–Crippen LogP) is 3.69.